The van der Waals surface area contributed by atoms with Crippen molar-refractivity contribution in [1.29, 1.82) is 0 Å². The summed E-state index contributed by atoms with van der Waals surface area (Å²) in [6.45, 7) is 1.86. The van der Waals surface area contributed by atoms with Gasteiger partial charge in [-0.05, 0) is 31.4 Å². The number of Topliss-reactive ketones (excluding diaryl/α,β-unsaturated/α-hetero) is 1. The second-order valence-corrected chi connectivity index (χ2v) is 5.80. The van der Waals surface area contributed by atoms with E-state index in [0.717, 1.165) is 31.2 Å². The average Bonchev–Trinajstić information content (AvgIpc) is 2.92. The van der Waals surface area contributed by atoms with E-state index < -0.39 is 4.92 Å². The summed E-state index contributed by atoms with van der Waals surface area (Å²) in [4.78, 5) is 22.3. The van der Waals surface area contributed by atoms with Gasteiger partial charge in [0.2, 0.25) is 0 Å². The van der Waals surface area contributed by atoms with E-state index in [9.17, 15) is 14.9 Å². The molecule has 1 spiro atoms. The van der Waals surface area contributed by atoms with E-state index in [0.29, 0.717) is 18.0 Å². The Kier molecular flexibility index (Phi) is 3.00. The lowest BCUT2D eigenvalue weighted by Gasteiger charge is -2.44. The molecule has 0 aromatic heterocycles. The first-order chi connectivity index (χ1) is 9.53. The molecule has 3 rings (SSSR count). The molecule has 0 N–H and O–H groups in total. The summed E-state index contributed by atoms with van der Waals surface area (Å²) in [5, 5.41) is 10.8. The minimum atomic E-state index is -0.427. The molecule has 0 aliphatic heterocycles. The highest BCUT2D eigenvalue weighted by atomic mass is 16.6. The van der Waals surface area contributed by atoms with E-state index in [4.69, 9.17) is 4.74 Å². The van der Waals surface area contributed by atoms with Gasteiger partial charge in [0.25, 0.3) is 5.69 Å². The van der Waals surface area contributed by atoms with Gasteiger partial charge in [-0.2, -0.15) is 0 Å². The van der Waals surface area contributed by atoms with Crippen LogP contribution in [0, 0.1) is 22.5 Å². The Morgan fingerprint density at radius 1 is 1.35 bits per heavy atom. The van der Waals surface area contributed by atoms with Crippen LogP contribution in [0.1, 0.15) is 37.7 Å². The maximum absolute atomic E-state index is 11.9. The van der Waals surface area contributed by atoms with Crippen LogP contribution in [0.5, 0.6) is 5.75 Å². The van der Waals surface area contributed by atoms with Gasteiger partial charge >= 0.3 is 0 Å². The molecule has 0 bridgehead atoms. The Hall–Kier alpha value is -1.91. The number of ether oxygens (including phenoxy) is 1. The Morgan fingerprint density at radius 2 is 2.05 bits per heavy atom. The SMILES string of the molecule is Cc1ccc([N+](=O)[O-])cc1OC1CC(=O)C12CCCC2. The van der Waals surface area contributed by atoms with Gasteiger partial charge in [0.15, 0.2) is 0 Å². The Labute approximate surface area is 117 Å². The van der Waals surface area contributed by atoms with Crippen molar-refractivity contribution in [3.8, 4) is 5.75 Å². The lowest BCUT2D eigenvalue weighted by Crippen LogP contribution is -2.55. The number of aryl methyl sites for hydroxylation is 1. The Morgan fingerprint density at radius 3 is 2.65 bits per heavy atom. The van der Waals surface area contributed by atoms with Crippen LogP contribution in [0.25, 0.3) is 0 Å². The quantitative estimate of drug-likeness (QED) is 0.627. The van der Waals surface area contributed by atoms with Gasteiger partial charge in [-0.1, -0.05) is 12.8 Å². The predicted octanol–water partition coefficient (Wildman–Crippen LogP) is 3.18. The molecule has 1 aromatic carbocycles. The van der Waals surface area contributed by atoms with Crippen LogP contribution in [-0.4, -0.2) is 16.8 Å². The highest BCUT2D eigenvalue weighted by Gasteiger charge is 2.57. The summed E-state index contributed by atoms with van der Waals surface area (Å²) in [6, 6.07) is 4.62. The molecule has 1 atom stereocenters. The molecular formula is C15H17NO4. The fourth-order valence-electron chi connectivity index (χ4n) is 3.36. The topological polar surface area (TPSA) is 69.4 Å². The van der Waals surface area contributed by atoms with Gasteiger partial charge in [-0.3, -0.25) is 14.9 Å². The van der Waals surface area contributed by atoms with Crippen molar-refractivity contribution in [2.75, 3.05) is 0 Å². The normalized spacial score (nSPS) is 23.6. The average molecular weight is 275 g/mol. The number of nitro groups is 1. The van der Waals surface area contributed by atoms with Crippen molar-refractivity contribution < 1.29 is 14.5 Å². The summed E-state index contributed by atoms with van der Waals surface area (Å²) in [5.41, 5.74) is 0.580. The van der Waals surface area contributed by atoms with E-state index in [2.05, 4.69) is 0 Å². The Bertz CT molecular complexity index is 575. The van der Waals surface area contributed by atoms with Crippen LogP contribution in [0.15, 0.2) is 18.2 Å². The number of nitro benzene ring substituents is 1. The summed E-state index contributed by atoms with van der Waals surface area (Å²) < 4.78 is 5.95. The predicted molar refractivity (Wildman–Crippen MR) is 72.8 cm³/mol. The number of carbonyl (C=O) groups is 1. The van der Waals surface area contributed by atoms with E-state index in [1.54, 1.807) is 6.07 Å². The lowest BCUT2D eigenvalue weighted by molar-refractivity contribution is -0.385. The van der Waals surface area contributed by atoms with Crippen LogP contribution in [0.3, 0.4) is 0 Å². The molecule has 5 heteroatoms. The summed E-state index contributed by atoms with van der Waals surface area (Å²) in [7, 11) is 0. The van der Waals surface area contributed by atoms with Gasteiger partial charge in [0.05, 0.1) is 16.4 Å². The van der Waals surface area contributed by atoms with E-state index in [-0.39, 0.29) is 17.2 Å². The number of non-ortho nitro benzene ring substituents is 1. The zero-order chi connectivity index (χ0) is 14.3. The highest BCUT2D eigenvalue weighted by molar-refractivity contribution is 5.92. The molecule has 2 aliphatic carbocycles. The largest absolute Gasteiger partial charge is 0.488 e. The number of rotatable bonds is 3. The maximum Gasteiger partial charge on any atom is 0.273 e. The minimum Gasteiger partial charge on any atom is -0.488 e. The van der Waals surface area contributed by atoms with Crippen molar-refractivity contribution in [3.05, 3.63) is 33.9 Å². The molecule has 5 nitrogen and oxygen atoms in total. The maximum atomic E-state index is 11.9. The zero-order valence-electron chi connectivity index (χ0n) is 11.4. The summed E-state index contributed by atoms with van der Waals surface area (Å²) >= 11 is 0. The van der Waals surface area contributed by atoms with Gasteiger partial charge < -0.3 is 4.74 Å². The number of carbonyl (C=O) groups excluding carboxylic acids is 1. The zero-order valence-corrected chi connectivity index (χ0v) is 11.4. The van der Waals surface area contributed by atoms with Crippen molar-refractivity contribution in [2.45, 2.75) is 45.1 Å². The van der Waals surface area contributed by atoms with Crippen molar-refractivity contribution in [2.24, 2.45) is 5.41 Å². The van der Waals surface area contributed by atoms with Gasteiger partial charge in [0.1, 0.15) is 17.6 Å². The van der Waals surface area contributed by atoms with Gasteiger partial charge in [-0.15, -0.1) is 0 Å². The van der Waals surface area contributed by atoms with Gasteiger partial charge in [-0.25, -0.2) is 0 Å². The molecule has 0 radical (unpaired) electrons. The third-order valence-electron chi connectivity index (χ3n) is 4.69. The van der Waals surface area contributed by atoms with E-state index in [1.165, 1.54) is 12.1 Å². The van der Waals surface area contributed by atoms with Gasteiger partial charge in [0, 0.05) is 12.5 Å². The first-order valence-corrected chi connectivity index (χ1v) is 6.98. The molecule has 2 saturated carbocycles. The highest BCUT2D eigenvalue weighted by Crippen LogP contribution is 2.52. The van der Waals surface area contributed by atoms with Crippen LogP contribution in [0.2, 0.25) is 0 Å². The molecule has 106 valence electrons. The second kappa shape index (κ2) is 4.58. The third kappa shape index (κ3) is 1.88. The van der Waals surface area contributed by atoms with E-state index >= 15 is 0 Å². The van der Waals surface area contributed by atoms with Crippen molar-refractivity contribution in [1.82, 2.24) is 0 Å². The van der Waals surface area contributed by atoms with Crippen molar-refractivity contribution >= 4 is 11.5 Å². The van der Waals surface area contributed by atoms with Crippen LogP contribution in [-0.2, 0) is 4.79 Å². The second-order valence-electron chi connectivity index (χ2n) is 5.80. The smallest absolute Gasteiger partial charge is 0.273 e. The van der Waals surface area contributed by atoms with Crippen LogP contribution >= 0.6 is 0 Å². The van der Waals surface area contributed by atoms with Crippen LogP contribution < -0.4 is 4.74 Å². The lowest BCUT2D eigenvalue weighted by atomic mass is 9.63. The fourth-order valence-corrected chi connectivity index (χ4v) is 3.36. The molecule has 1 unspecified atom stereocenters. The molecule has 0 heterocycles. The first kappa shape index (κ1) is 13.1. The molecule has 20 heavy (non-hydrogen) atoms. The molecule has 1 aromatic rings. The first-order valence-electron chi connectivity index (χ1n) is 6.98. The number of hydrogen-bond acceptors (Lipinski definition) is 4. The molecule has 2 aliphatic rings. The number of ketones is 1. The monoisotopic (exact) mass is 275 g/mol. The van der Waals surface area contributed by atoms with Crippen molar-refractivity contribution in [3.63, 3.8) is 0 Å². The molecular weight excluding hydrogens is 258 g/mol. The van der Waals surface area contributed by atoms with E-state index in [1.807, 2.05) is 6.92 Å². The molecule has 0 saturated heterocycles. The summed E-state index contributed by atoms with van der Waals surface area (Å²) in [5.74, 6) is 0.825. The molecule has 2 fully saturated rings. The van der Waals surface area contributed by atoms with Crippen LogP contribution in [0.4, 0.5) is 5.69 Å². The number of hydrogen-bond donors (Lipinski definition) is 0. The third-order valence-corrected chi connectivity index (χ3v) is 4.69. The Balaban J connectivity index is 1.83. The fraction of sp³-hybridized carbons (Fsp3) is 0.533. The standard InChI is InChI=1S/C15H17NO4/c1-10-4-5-11(16(18)19)8-12(10)20-14-9-13(17)15(14)6-2-3-7-15/h4-5,8,14H,2-3,6-7,9H2,1H3. The summed E-state index contributed by atoms with van der Waals surface area (Å²) in [6.07, 6.45) is 4.24. The number of nitrogens with zero attached hydrogens (tertiary/aromatic N) is 1. The number of benzene rings is 1. The molecule has 0 amide bonds. The minimum absolute atomic E-state index is 0.0247.